The van der Waals surface area contributed by atoms with Crippen molar-refractivity contribution in [2.45, 2.75) is 72.0 Å². The molecule has 0 atom stereocenters. The molecule has 0 spiro atoms. The molecule has 0 aliphatic heterocycles. The van der Waals surface area contributed by atoms with Crippen LogP contribution >= 0.6 is 0 Å². The maximum Gasteiger partial charge on any atom is 0.346 e. The molecule has 40 heavy (non-hydrogen) atoms. The highest BCUT2D eigenvalue weighted by Gasteiger charge is 2.15. The van der Waals surface area contributed by atoms with Gasteiger partial charge >= 0.3 is 5.69 Å². The van der Waals surface area contributed by atoms with Gasteiger partial charge in [-0.2, -0.15) is 5.10 Å². The Hall–Kier alpha value is -3.49. The molecule has 3 aromatic carbocycles. The van der Waals surface area contributed by atoms with E-state index in [4.69, 9.17) is 5.10 Å². The van der Waals surface area contributed by atoms with E-state index in [-0.39, 0.29) is 17.6 Å². The third kappa shape index (κ3) is 7.79. The number of hydrogen-bond acceptors (Lipinski definition) is 4. The van der Waals surface area contributed by atoms with E-state index < -0.39 is 10.0 Å². The SMILES string of the molecule is CCn1c(CCCc2ccc(-c3cccc(CNS(C)(=O)=O)c3)cc2)nn(Cc2ccc(C(C)(C)C)cc2)c1=O. The standard InChI is InChI=1S/C32H40N4O3S/c1-6-35-30(34-36(31(35)37)23-25-15-19-29(20-16-25)32(2,3)4)12-8-9-24-13-17-27(18-14-24)28-11-7-10-26(21-28)22-33-40(5,38)39/h7,10-11,13-21,33H,6,8-9,12,22-23H2,1-5H3. The van der Waals surface area contributed by atoms with Gasteiger partial charge in [0.05, 0.1) is 12.8 Å². The molecule has 8 heteroatoms. The molecular formula is C32H40N4O3S. The van der Waals surface area contributed by atoms with Gasteiger partial charge in [-0.25, -0.2) is 22.6 Å². The lowest BCUT2D eigenvalue weighted by molar-refractivity contribution is 0.587. The third-order valence-corrected chi connectivity index (χ3v) is 7.76. The van der Waals surface area contributed by atoms with Crippen LogP contribution in [0.3, 0.4) is 0 Å². The van der Waals surface area contributed by atoms with Gasteiger partial charge in [0.1, 0.15) is 5.82 Å². The molecule has 0 aliphatic carbocycles. The summed E-state index contributed by atoms with van der Waals surface area (Å²) < 4.78 is 28.7. The Labute approximate surface area is 237 Å². The predicted molar refractivity (Wildman–Crippen MR) is 162 cm³/mol. The molecular weight excluding hydrogens is 520 g/mol. The lowest BCUT2D eigenvalue weighted by Gasteiger charge is -2.19. The van der Waals surface area contributed by atoms with Crippen molar-refractivity contribution in [2.75, 3.05) is 6.26 Å². The van der Waals surface area contributed by atoms with E-state index in [0.29, 0.717) is 13.1 Å². The molecule has 4 aromatic rings. The van der Waals surface area contributed by atoms with Gasteiger partial charge in [0.15, 0.2) is 0 Å². The van der Waals surface area contributed by atoms with Crippen molar-refractivity contribution in [1.82, 2.24) is 19.1 Å². The Morgan fingerprint density at radius 1 is 0.850 bits per heavy atom. The normalized spacial score (nSPS) is 12.1. The average Bonchev–Trinajstić information content (AvgIpc) is 3.21. The van der Waals surface area contributed by atoms with Crippen LogP contribution in [0.15, 0.2) is 77.6 Å². The van der Waals surface area contributed by atoms with E-state index in [1.54, 1.807) is 9.25 Å². The van der Waals surface area contributed by atoms with E-state index in [9.17, 15) is 13.2 Å². The summed E-state index contributed by atoms with van der Waals surface area (Å²) in [7, 11) is -3.24. The van der Waals surface area contributed by atoms with Crippen LogP contribution in [0.5, 0.6) is 0 Å². The van der Waals surface area contributed by atoms with Gasteiger partial charge in [-0.3, -0.25) is 4.57 Å². The van der Waals surface area contributed by atoms with Crippen molar-refractivity contribution >= 4 is 10.0 Å². The predicted octanol–water partition coefficient (Wildman–Crippen LogP) is 5.30. The minimum Gasteiger partial charge on any atom is -0.279 e. The van der Waals surface area contributed by atoms with Crippen molar-refractivity contribution in [1.29, 1.82) is 0 Å². The molecule has 0 bridgehead atoms. The molecule has 4 rings (SSSR count). The summed E-state index contributed by atoms with van der Waals surface area (Å²) in [6, 6.07) is 24.8. The Morgan fingerprint density at radius 2 is 1.52 bits per heavy atom. The average molecular weight is 561 g/mol. The first-order valence-corrected chi connectivity index (χ1v) is 15.7. The van der Waals surface area contributed by atoms with Gasteiger partial charge in [0.25, 0.3) is 0 Å². The molecule has 1 N–H and O–H groups in total. The topological polar surface area (TPSA) is 86.0 Å². The molecule has 1 heterocycles. The number of benzene rings is 3. The first-order valence-electron chi connectivity index (χ1n) is 13.8. The molecule has 0 saturated heterocycles. The van der Waals surface area contributed by atoms with Crippen molar-refractivity contribution in [2.24, 2.45) is 0 Å². The Morgan fingerprint density at radius 3 is 2.15 bits per heavy atom. The zero-order chi connectivity index (χ0) is 28.9. The van der Waals surface area contributed by atoms with E-state index in [1.807, 2.05) is 31.2 Å². The fourth-order valence-electron chi connectivity index (χ4n) is 4.76. The maximum absolute atomic E-state index is 13.0. The van der Waals surface area contributed by atoms with E-state index in [2.05, 4.69) is 74.0 Å². The number of hydrogen-bond donors (Lipinski definition) is 1. The van der Waals surface area contributed by atoms with Crippen LogP contribution in [0.2, 0.25) is 0 Å². The summed E-state index contributed by atoms with van der Waals surface area (Å²) in [6.07, 6.45) is 3.67. The summed E-state index contributed by atoms with van der Waals surface area (Å²) in [4.78, 5) is 13.0. The molecule has 0 unspecified atom stereocenters. The van der Waals surface area contributed by atoms with Gasteiger partial charge < -0.3 is 0 Å². The number of nitrogens with zero attached hydrogens (tertiary/aromatic N) is 3. The third-order valence-electron chi connectivity index (χ3n) is 7.09. The molecule has 1 aromatic heterocycles. The summed E-state index contributed by atoms with van der Waals surface area (Å²) in [5.74, 6) is 0.829. The Balaban J connectivity index is 1.37. The number of sulfonamides is 1. The van der Waals surface area contributed by atoms with Crippen LogP contribution in [0, 0.1) is 0 Å². The Kier molecular flexibility index (Phi) is 9.11. The minimum atomic E-state index is -3.24. The summed E-state index contributed by atoms with van der Waals surface area (Å²) >= 11 is 0. The van der Waals surface area contributed by atoms with Gasteiger partial charge in [0, 0.05) is 19.5 Å². The monoisotopic (exact) mass is 560 g/mol. The van der Waals surface area contributed by atoms with Crippen LogP contribution in [0.4, 0.5) is 0 Å². The van der Waals surface area contributed by atoms with E-state index >= 15 is 0 Å². The number of aromatic nitrogens is 3. The minimum absolute atomic E-state index is 0.0595. The van der Waals surface area contributed by atoms with Crippen LogP contribution in [-0.4, -0.2) is 29.0 Å². The fraction of sp³-hybridized carbons (Fsp3) is 0.375. The summed E-state index contributed by atoms with van der Waals surface area (Å²) in [5.41, 5.74) is 6.64. The van der Waals surface area contributed by atoms with Gasteiger partial charge in [-0.15, -0.1) is 0 Å². The van der Waals surface area contributed by atoms with Crippen molar-refractivity contribution < 1.29 is 8.42 Å². The summed E-state index contributed by atoms with van der Waals surface area (Å²) in [5, 5.41) is 4.69. The lowest BCUT2D eigenvalue weighted by Crippen LogP contribution is -2.25. The molecule has 7 nitrogen and oxygen atoms in total. The number of nitrogens with one attached hydrogen (secondary N) is 1. The second-order valence-corrected chi connectivity index (χ2v) is 13.2. The van der Waals surface area contributed by atoms with Gasteiger partial charge in [0.2, 0.25) is 10.0 Å². The Bertz CT molecular complexity index is 1590. The van der Waals surface area contributed by atoms with Gasteiger partial charge in [-0.1, -0.05) is 87.5 Å². The largest absolute Gasteiger partial charge is 0.346 e. The molecule has 0 amide bonds. The quantitative estimate of drug-likeness (QED) is 0.270. The fourth-order valence-corrected chi connectivity index (χ4v) is 5.19. The van der Waals surface area contributed by atoms with Gasteiger partial charge in [-0.05, 0) is 64.6 Å². The molecule has 0 fully saturated rings. The maximum atomic E-state index is 13.0. The molecule has 212 valence electrons. The highest BCUT2D eigenvalue weighted by Crippen LogP contribution is 2.23. The van der Waals surface area contributed by atoms with Crippen LogP contribution in [-0.2, 0) is 47.9 Å². The van der Waals surface area contributed by atoms with Crippen molar-refractivity contribution in [3.8, 4) is 11.1 Å². The lowest BCUT2D eigenvalue weighted by atomic mass is 9.87. The first-order chi connectivity index (χ1) is 18.9. The molecule has 0 radical (unpaired) electrons. The smallest absolute Gasteiger partial charge is 0.279 e. The second-order valence-electron chi connectivity index (χ2n) is 11.4. The molecule has 0 aliphatic rings. The first kappa shape index (κ1) is 29.5. The summed E-state index contributed by atoms with van der Waals surface area (Å²) in [6.45, 7) is 9.91. The second kappa shape index (κ2) is 12.4. The molecule has 0 saturated carbocycles. The van der Waals surface area contributed by atoms with E-state index in [1.165, 1.54) is 11.1 Å². The van der Waals surface area contributed by atoms with Crippen LogP contribution < -0.4 is 10.4 Å². The van der Waals surface area contributed by atoms with Crippen molar-refractivity contribution in [3.05, 3.63) is 111 Å². The van der Waals surface area contributed by atoms with Crippen LogP contribution in [0.25, 0.3) is 11.1 Å². The highest BCUT2D eigenvalue weighted by atomic mass is 32.2. The van der Waals surface area contributed by atoms with Crippen molar-refractivity contribution in [3.63, 3.8) is 0 Å². The zero-order valence-corrected chi connectivity index (χ0v) is 25.0. The number of aryl methyl sites for hydroxylation is 2. The van der Waals surface area contributed by atoms with Crippen LogP contribution in [0.1, 0.15) is 62.2 Å². The highest BCUT2D eigenvalue weighted by molar-refractivity contribution is 7.88. The van der Waals surface area contributed by atoms with E-state index in [0.717, 1.165) is 53.6 Å². The zero-order valence-electron chi connectivity index (χ0n) is 24.1. The number of rotatable bonds is 11.